The molecule has 0 aliphatic carbocycles. The summed E-state index contributed by atoms with van der Waals surface area (Å²) in [6.07, 6.45) is -0.737. The van der Waals surface area contributed by atoms with Crippen LogP contribution in [0.1, 0.15) is 6.92 Å². The minimum Gasteiger partial charge on any atom is -0.479 e. The fourth-order valence-corrected chi connectivity index (χ4v) is 2.45. The predicted octanol–water partition coefficient (Wildman–Crippen LogP) is 2.72. The highest BCUT2D eigenvalue weighted by Gasteiger charge is 2.32. The maximum Gasteiger partial charge on any atom is 0.268 e. The van der Waals surface area contributed by atoms with E-state index in [0.29, 0.717) is 11.4 Å². The van der Waals surface area contributed by atoms with Gasteiger partial charge in [0.2, 0.25) is 5.91 Å². The van der Waals surface area contributed by atoms with Crippen LogP contribution in [0.5, 0.6) is 5.75 Å². The number of hydrogen-bond acceptors (Lipinski definition) is 3. The second-order valence-electron chi connectivity index (χ2n) is 5.32. The van der Waals surface area contributed by atoms with E-state index in [0.717, 1.165) is 18.2 Å². The number of fused-ring (bicyclic) bond motifs is 1. The number of amides is 2. The van der Waals surface area contributed by atoms with Gasteiger partial charge in [-0.05, 0) is 31.2 Å². The van der Waals surface area contributed by atoms with Crippen LogP contribution < -0.4 is 15.0 Å². The average Bonchev–Trinajstić information content (AvgIpc) is 2.55. The van der Waals surface area contributed by atoms with Gasteiger partial charge < -0.3 is 10.1 Å². The van der Waals surface area contributed by atoms with Gasteiger partial charge in [0, 0.05) is 6.07 Å². The van der Waals surface area contributed by atoms with Crippen molar-refractivity contribution in [3.63, 3.8) is 0 Å². The zero-order valence-corrected chi connectivity index (χ0v) is 12.8. The molecule has 1 aliphatic rings. The summed E-state index contributed by atoms with van der Waals surface area (Å²) in [7, 11) is 0. The Labute approximate surface area is 136 Å². The SMILES string of the molecule is C[C@H]1Oc2ccccc2N(CC(=O)Nc2cc(F)ccc2F)C1=O. The van der Waals surface area contributed by atoms with Gasteiger partial charge in [-0.1, -0.05) is 12.1 Å². The number of halogens is 2. The lowest BCUT2D eigenvalue weighted by Gasteiger charge is -2.32. The van der Waals surface area contributed by atoms with Gasteiger partial charge in [-0.3, -0.25) is 14.5 Å². The lowest BCUT2D eigenvalue weighted by Crippen LogP contribution is -2.47. The number of hydrogen-bond donors (Lipinski definition) is 1. The van der Waals surface area contributed by atoms with Crippen LogP contribution in [-0.4, -0.2) is 24.5 Å². The van der Waals surface area contributed by atoms with Crippen molar-refractivity contribution < 1.29 is 23.1 Å². The first-order chi connectivity index (χ1) is 11.5. The number of benzene rings is 2. The van der Waals surface area contributed by atoms with E-state index >= 15 is 0 Å². The molecule has 0 radical (unpaired) electrons. The molecule has 0 bridgehead atoms. The van der Waals surface area contributed by atoms with Crippen LogP contribution >= 0.6 is 0 Å². The van der Waals surface area contributed by atoms with Crippen molar-refractivity contribution in [2.75, 3.05) is 16.8 Å². The molecule has 0 saturated heterocycles. The molecule has 1 aliphatic heterocycles. The highest BCUT2D eigenvalue weighted by molar-refractivity contribution is 6.06. The first-order valence-corrected chi connectivity index (χ1v) is 7.27. The topological polar surface area (TPSA) is 58.6 Å². The molecule has 5 nitrogen and oxygen atoms in total. The Balaban J connectivity index is 1.81. The molecule has 2 aromatic rings. The molecule has 24 heavy (non-hydrogen) atoms. The van der Waals surface area contributed by atoms with Gasteiger partial charge >= 0.3 is 0 Å². The van der Waals surface area contributed by atoms with E-state index < -0.39 is 23.6 Å². The van der Waals surface area contributed by atoms with E-state index in [1.54, 1.807) is 31.2 Å². The zero-order chi connectivity index (χ0) is 17.3. The normalized spacial score (nSPS) is 16.4. The van der Waals surface area contributed by atoms with Crippen molar-refractivity contribution in [1.82, 2.24) is 0 Å². The molecule has 0 saturated carbocycles. The van der Waals surface area contributed by atoms with E-state index in [1.165, 1.54) is 4.90 Å². The van der Waals surface area contributed by atoms with Crippen molar-refractivity contribution in [3.8, 4) is 5.75 Å². The number of ether oxygens (including phenoxy) is 1. The van der Waals surface area contributed by atoms with E-state index in [2.05, 4.69) is 5.32 Å². The maximum atomic E-state index is 13.6. The molecule has 0 aromatic heterocycles. The summed E-state index contributed by atoms with van der Waals surface area (Å²) in [6.45, 7) is 1.24. The minimum atomic E-state index is -0.758. The summed E-state index contributed by atoms with van der Waals surface area (Å²) in [6, 6.07) is 9.55. The van der Waals surface area contributed by atoms with Crippen molar-refractivity contribution in [1.29, 1.82) is 0 Å². The quantitative estimate of drug-likeness (QED) is 0.940. The summed E-state index contributed by atoms with van der Waals surface area (Å²) < 4.78 is 32.2. The van der Waals surface area contributed by atoms with E-state index in [4.69, 9.17) is 4.74 Å². The second-order valence-corrected chi connectivity index (χ2v) is 5.32. The van der Waals surface area contributed by atoms with Crippen molar-refractivity contribution in [2.45, 2.75) is 13.0 Å². The van der Waals surface area contributed by atoms with Crippen LogP contribution in [0.4, 0.5) is 20.2 Å². The third kappa shape index (κ3) is 3.05. The Morgan fingerprint density at radius 3 is 2.79 bits per heavy atom. The smallest absolute Gasteiger partial charge is 0.268 e. The molecule has 0 fully saturated rings. The molecule has 7 heteroatoms. The monoisotopic (exact) mass is 332 g/mol. The van der Waals surface area contributed by atoms with Crippen molar-refractivity contribution in [3.05, 3.63) is 54.1 Å². The van der Waals surface area contributed by atoms with Crippen LogP contribution in [0.15, 0.2) is 42.5 Å². The third-order valence-electron chi connectivity index (χ3n) is 3.58. The molecule has 1 atom stereocenters. The van der Waals surface area contributed by atoms with Gasteiger partial charge in [0.15, 0.2) is 6.10 Å². The molecule has 1 N–H and O–H groups in total. The molecule has 0 unspecified atom stereocenters. The van der Waals surface area contributed by atoms with Gasteiger partial charge in [0.1, 0.15) is 23.9 Å². The van der Waals surface area contributed by atoms with Gasteiger partial charge in [-0.2, -0.15) is 0 Å². The summed E-state index contributed by atoms with van der Waals surface area (Å²) in [5, 5.41) is 2.28. The lowest BCUT2D eigenvalue weighted by atomic mass is 10.2. The Morgan fingerprint density at radius 1 is 1.25 bits per heavy atom. The lowest BCUT2D eigenvalue weighted by molar-refractivity contribution is -0.127. The number of carbonyl (C=O) groups excluding carboxylic acids is 2. The second kappa shape index (κ2) is 6.27. The molecular formula is C17H14F2N2O3. The van der Waals surface area contributed by atoms with Crippen LogP contribution in [0, 0.1) is 11.6 Å². The Morgan fingerprint density at radius 2 is 2.00 bits per heavy atom. The highest BCUT2D eigenvalue weighted by atomic mass is 19.1. The van der Waals surface area contributed by atoms with Gasteiger partial charge in [0.25, 0.3) is 5.91 Å². The largest absolute Gasteiger partial charge is 0.479 e. The standard InChI is InChI=1S/C17H14F2N2O3/c1-10-17(23)21(14-4-2-3-5-15(14)24-10)9-16(22)20-13-8-11(18)6-7-12(13)19/h2-8,10H,9H2,1H3,(H,20,22)/t10-/m1/s1. The van der Waals surface area contributed by atoms with Crippen molar-refractivity contribution >= 4 is 23.2 Å². The summed E-state index contributed by atoms with van der Waals surface area (Å²) in [4.78, 5) is 25.7. The predicted molar refractivity (Wildman–Crippen MR) is 83.9 cm³/mol. The summed E-state index contributed by atoms with van der Waals surface area (Å²) >= 11 is 0. The van der Waals surface area contributed by atoms with Gasteiger partial charge in [-0.15, -0.1) is 0 Å². The summed E-state index contributed by atoms with van der Waals surface area (Å²) in [5.41, 5.74) is 0.178. The average molecular weight is 332 g/mol. The Hall–Kier alpha value is -2.96. The fourth-order valence-electron chi connectivity index (χ4n) is 2.45. The number of rotatable bonds is 3. The van der Waals surface area contributed by atoms with Gasteiger partial charge in [0.05, 0.1) is 11.4 Å². The first kappa shape index (κ1) is 15.9. The van der Waals surface area contributed by atoms with E-state index in [-0.39, 0.29) is 18.1 Å². The van der Waals surface area contributed by atoms with Crippen LogP contribution in [0.25, 0.3) is 0 Å². The number of nitrogens with zero attached hydrogens (tertiary/aromatic N) is 1. The minimum absolute atomic E-state index is 0.276. The van der Waals surface area contributed by atoms with Crippen LogP contribution in [0.2, 0.25) is 0 Å². The third-order valence-corrected chi connectivity index (χ3v) is 3.58. The van der Waals surface area contributed by atoms with E-state index in [1.807, 2.05) is 0 Å². The molecule has 1 heterocycles. The van der Waals surface area contributed by atoms with Crippen molar-refractivity contribution in [2.24, 2.45) is 0 Å². The molecule has 2 amide bonds. The first-order valence-electron chi connectivity index (χ1n) is 7.27. The number of para-hydroxylation sites is 2. The number of carbonyl (C=O) groups is 2. The summed E-state index contributed by atoms with van der Waals surface area (Å²) in [5.74, 6) is -1.98. The number of nitrogens with one attached hydrogen (secondary N) is 1. The maximum absolute atomic E-state index is 13.6. The Kier molecular flexibility index (Phi) is 4.16. The van der Waals surface area contributed by atoms with Crippen LogP contribution in [0.3, 0.4) is 0 Å². The van der Waals surface area contributed by atoms with E-state index in [9.17, 15) is 18.4 Å². The number of anilines is 2. The Bertz CT molecular complexity index is 810. The highest BCUT2D eigenvalue weighted by Crippen LogP contribution is 2.33. The molecule has 124 valence electrons. The zero-order valence-electron chi connectivity index (χ0n) is 12.8. The molecule has 2 aromatic carbocycles. The molecule has 0 spiro atoms. The fraction of sp³-hybridized carbons (Fsp3) is 0.176. The molecule has 3 rings (SSSR count). The van der Waals surface area contributed by atoms with Gasteiger partial charge in [-0.25, -0.2) is 8.78 Å². The van der Waals surface area contributed by atoms with Crippen LogP contribution in [-0.2, 0) is 9.59 Å². The molecular weight excluding hydrogens is 318 g/mol.